The van der Waals surface area contributed by atoms with Gasteiger partial charge in [-0.1, -0.05) is 24.3 Å². The van der Waals surface area contributed by atoms with Gasteiger partial charge >= 0.3 is 12.2 Å². The molecule has 34 heavy (non-hydrogen) atoms. The molecule has 0 radical (unpaired) electrons. The van der Waals surface area contributed by atoms with Crippen molar-refractivity contribution >= 4 is 17.9 Å². The molecule has 1 saturated heterocycles. The highest BCUT2D eigenvalue weighted by atomic mass is 16.6. The second kappa shape index (κ2) is 12.1. The summed E-state index contributed by atoms with van der Waals surface area (Å²) < 4.78 is 16.7. The lowest BCUT2D eigenvalue weighted by molar-refractivity contribution is -0.00696. The molecule has 1 aromatic carbocycles. The number of carbonyl (C=O) groups is 2. The lowest BCUT2D eigenvalue weighted by Crippen LogP contribution is -2.47. The zero-order valence-electron chi connectivity index (χ0n) is 21.4. The Morgan fingerprint density at radius 2 is 1.53 bits per heavy atom. The number of rotatable bonds is 7. The molecule has 1 aliphatic heterocycles. The predicted molar refractivity (Wildman–Crippen MR) is 131 cm³/mol. The van der Waals surface area contributed by atoms with Gasteiger partial charge < -0.3 is 24.0 Å². The van der Waals surface area contributed by atoms with Gasteiger partial charge in [0.25, 0.3) is 0 Å². The maximum absolute atomic E-state index is 12.9. The summed E-state index contributed by atoms with van der Waals surface area (Å²) in [6.07, 6.45) is 1.37. The summed E-state index contributed by atoms with van der Waals surface area (Å²) >= 11 is 0. The van der Waals surface area contributed by atoms with Crippen molar-refractivity contribution < 1.29 is 23.8 Å². The van der Waals surface area contributed by atoms with Crippen LogP contribution in [-0.4, -0.2) is 65.5 Å². The predicted octanol–water partition coefficient (Wildman–Crippen LogP) is 5.78. The van der Waals surface area contributed by atoms with Crippen molar-refractivity contribution in [3.63, 3.8) is 0 Å². The fourth-order valence-corrected chi connectivity index (χ4v) is 3.63. The Bertz CT molecular complexity index is 843. The molecule has 0 atom stereocenters. The van der Waals surface area contributed by atoms with E-state index in [9.17, 15) is 9.59 Å². The van der Waals surface area contributed by atoms with Crippen LogP contribution in [0.15, 0.2) is 24.3 Å². The molecule has 1 aromatic rings. The van der Waals surface area contributed by atoms with Gasteiger partial charge in [0.2, 0.25) is 0 Å². The third kappa shape index (κ3) is 9.60. The average molecular weight is 474 g/mol. The Balaban J connectivity index is 2.10. The molecule has 2 amide bonds. The molecule has 8 heteroatoms. The quantitative estimate of drug-likeness (QED) is 0.469. The molecule has 0 bridgehead atoms. The van der Waals surface area contributed by atoms with E-state index in [0.717, 1.165) is 18.4 Å². The molecule has 1 aliphatic rings. The van der Waals surface area contributed by atoms with Crippen molar-refractivity contribution in [1.29, 1.82) is 0 Å². The van der Waals surface area contributed by atoms with E-state index >= 15 is 0 Å². The highest BCUT2D eigenvalue weighted by Gasteiger charge is 2.30. The van der Waals surface area contributed by atoms with Crippen molar-refractivity contribution in [3.05, 3.63) is 41.2 Å². The maximum Gasteiger partial charge on any atom is 0.410 e. The molecule has 0 N–H and O–H groups in total. The average Bonchev–Trinajstić information content (AvgIpc) is 2.74. The summed E-state index contributed by atoms with van der Waals surface area (Å²) in [5.41, 5.74) is 0.262. The smallest absolute Gasteiger partial charge is 0.410 e. The Hall–Kier alpha value is -2.79. The molecule has 0 aromatic heterocycles. The molecule has 0 spiro atoms. The number of carbonyl (C=O) groups excluding carboxylic acids is 2. The standard InChI is InChI=1S/C26H39N3O5/c1-25(2,3)33-23(30)28(19-20-9-11-21(27-7)12-10-20)15-8-16-29(22-13-17-32-18-14-22)24(31)34-26(4,5)6/h9-12,22H,8,13-19H2,1-6H3. The number of ether oxygens (including phenoxy) is 3. The summed E-state index contributed by atoms with van der Waals surface area (Å²) in [5.74, 6) is 0. The topological polar surface area (TPSA) is 72.7 Å². The number of nitrogens with zero attached hydrogens (tertiary/aromatic N) is 3. The van der Waals surface area contributed by atoms with Crippen LogP contribution < -0.4 is 0 Å². The van der Waals surface area contributed by atoms with Crippen LogP contribution >= 0.6 is 0 Å². The lowest BCUT2D eigenvalue weighted by Gasteiger charge is -2.36. The van der Waals surface area contributed by atoms with E-state index in [2.05, 4.69) is 4.85 Å². The first kappa shape index (κ1) is 27.5. The Kier molecular flexibility index (Phi) is 9.75. The van der Waals surface area contributed by atoms with E-state index < -0.39 is 17.3 Å². The van der Waals surface area contributed by atoms with Crippen molar-refractivity contribution in [2.24, 2.45) is 0 Å². The van der Waals surface area contributed by atoms with Crippen molar-refractivity contribution in [2.75, 3.05) is 26.3 Å². The first-order valence-corrected chi connectivity index (χ1v) is 11.9. The first-order chi connectivity index (χ1) is 15.9. The van der Waals surface area contributed by atoms with E-state index in [1.807, 2.05) is 53.7 Å². The molecule has 2 rings (SSSR count). The van der Waals surface area contributed by atoms with Gasteiger partial charge in [0, 0.05) is 38.9 Å². The second-order valence-electron chi connectivity index (χ2n) is 10.6. The van der Waals surface area contributed by atoms with E-state index in [1.165, 1.54) is 0 Å². The van der Waals surface area contributed by atoms with Crippen LogP contribution in [-0.2, 0) is 20.8 Å². The number of hydrogen-bond donors (Lipinski definition) is 0. The molecular weight excluding hydrogens is 434 g/mol. The van der Waals surface area contributed by atoms with Crippen molar-refractivity contribution in [1.82, 2.24) is 9.80 Å². The van der Waals surface area contributed by atoms with Crippen molar-refractivity contribution in [3.8, 4) is 0 Å². The van der Waals surface area contributed by atoms with Gasteiger partial charge in [-0.2, -0.15) is 0 Å². The van der Waals surface area contributed by atoms with E-state index in [1.54, 1.807) is 21.9 Å². The minimum atomic E-state index is -0.617. The summed E-state index contributed by atoms with van der Waals surface area (Å²) in [4.78, 5) is 32.7. The SMILES string of the molecule is [C-]#[N+]c1ccc(CN(CCCN(C(=O)OC(C)(C)C)C2CCOCC2)C(=O)OC(C)(C)C)cc1. The second-order valence-corrected chi connectivity index (χ2v) is 10.6. The lowest BCUT2D eigenvalue weighted by atomic mass is 10.1. The maximum atomic E-state index is 12.9. The van der Waals surface area contributed by atoms with Gasteiger partial charge in [-0.05, 0) is 66.4 Å². The normalized spacial score (nSPS) is 14.7. The Morgan fingerprint density at radius 3 is 2.06 bits per heavy atom. The highest BCUT2D eigenvalue weighted by molar-refractivity contribution is 5.69. The van der Waals surface area contributed by atoms with Crippen molar-refractivity contribution in [2.45, 2.75) is 84.6 Å². The molecular formula is C26H39N3O5. The minimum Gasteiger partial charge on any atom is -0.444 e. The van der Waals surface area contributed by atoms with Gasteiger partial charge in [0.1, 0.15) is 11.2 Å². The minimum absolute atomic E-state index is 0.0553. The fourth-order valence-electron chi connectivity index (χ4n) is 3.63. The molecule has 8 nitrogen and oxygen atoms in total. The molecule has 0 saturated carbocycles. The zero-order chi connectivity index (χ0) is 25.4. The summed E-state index contributed by atoms with van der Waals surface area (Å²) in [6.45, 7) is 20.7. The summed E-state index contributed by atoms with van der Waals surface area (Å²) in [6, 6.07) is 7.23. The molecule has 188 valence electrons. The third-order valence-corrected chi connectivity index (χ3v) is 5.18. The van der Waals surface area contributed by atoms with Crippen LogP contribution in [0.5, 0.6) is 0 Å². The first-order valence-electron chi connectivity index (χ1n) is 11.9. The summed E-state index contributed by atoms with van der Waals surface area (Å²) in [5, 5.41) is 0. The Morgan fingerprint density at radius 1 is 0.971 bits per heavy atom. The van der Waals surface area contributed by atoms with E-state index in [4.69, 9.17) is 20.8 Å². The largest absolute Gasteiger partial charge is 0.444 e. The molecule has 0 unspecified atom stereocenters. The monoisotopic (exact) mass is 473 g/mol. The molecule has 1 fully saturated rings. The van der Waals surface area contributed by atoms with Crippen LogP contribution in [0.25, 0.3) is 4.85 Å². The third-order valence-electron chi connectivity index (χ3n) is 5.18. The molecule has 0 aliphatic carbocycles. The van der Waals surface area contributed by atoms with Gasteiger partial charge in [-0.15, -0.1) is 0 Å². The van der Waals surface area contributed by atoms with Crippen LogP contribution in [0.3, 0.4) is 0 Å². The highest BCUT2D eigenvalue weighted by Crippen LogP contribution is 2.20. The van der Waals surface area contributed by atoms with Crippen LogP contribution in [0.4, 0.5) is 15.3 Å². The molecule has 1 heterocycles. The number of benzene rings is 1. The van der Waals surface area contributed by atoms with E-state index in [0.29, 0.717) is 45.0 Å². The fraction of sp³-hybridized carbons (Fsp3) is 0.654. The van der Waals surface area contributed by atoms with Gasteiger partial charge in [-0.3, -0.25) is 0 Å². The van der Waals surface area contributed by atoms with Crippen LogP contribution in [0, 0.1) is 6.57 Å². The number of amides is 2. The van der Waals surface area contributed by atoms with Gasteiger partial charge in [-0.25, -0.2) is 14.4 Å². The Labute approximate surface area is 204 Å². The number of hydrogen-bond acceptors (Lipinski definition) is 5. The van der Waals surface area contributed by atoms with Crippen LogP contribution in [0.2, 0.25) is 0 Å². The summed E-state index contributed by atoms with van der Waals surface area (Å²) in [7, 11) is 0. The zero-order valence-corrected chi connectivity index (χ0v) is 21.4. The van der Waals surface area contributed by atoms with Gasteiger partial charge in [0.15, 0.2) is 5.69 Å². The van der Waals surface area contributed by atoms with Gasteiger partial charge in [0.05, 0.1) is 6.57 Å². The van der Waals surface area contributed by atoms with Crippen LogP contribution in [0.1, 0.15) is 66.4 Å². The van der Waals surface area contributed by atoms with E-state index in [-0.39, 0.29) is 12.1 Å².